The number of hydrogen-bond donors (Lipinski definition) is 6. The Morgan fingerprint density at radius 1 is 0.983 bits per heavy atom. The van der Waals surface area contributed by atoms with Crippen molar-refractivity contribution in [3.8, 4) is 28.4 Å². The molecule has 16 heteroatoms. The van der Waals surface area contributed by atoms with E-state index in [1.807, 2.05) is 48.5 Å². The van der Waals surface area contributed by atoms with E-state index in [1.165, 1.54) is 24.1 Å². The zero-order chi connectivity index (χ0) is 40.6. The number of phenols is 1. The average molecular weight is 871 g/mol. The Balaban J connectivity index is 0.00000384. The third kappa shape index (κ3) is 11.4. The van der Waals surface area contributed by atoms with Crippen molar-refractivity contribution in [3.05, 3.63) is 117 Å². The van der Waals surface area contributed by atoms with Crippen LogP contribution >= 0.6 is 36.4 Å². The predicted octanol–water partition coefficient (Wildman–Crippen LogP) is 7.06. The number of pyridine rings is 1. The third-order valence-corrected chi connectivity index (χ3v) is 10.8. The Morgan fingerprint density at radius 2 is 1.71 bits per heavy atom. The van der Waals surface area contributed by atoms with Gasteiger partial charge in [0.2, 0.25) is 5.56 Å². The molecular weight excluding hydrogens is 821 g/mol. The number of anilines is 1. The van der Waals surface area contributed by atoms with Gasteiger partial charge in [-0.05, 0) is 73.1 Å². The number of carboxylic acid groups (broad SMARTS) is 1. The van der Waals surface area contributed by atoms with E-state index in [-0.39, 0.29) is 90.1 Å². The van der Waals surface area contributed by atoms with Gasteiger partial charge in [0.25, 0.3) is 5.91 Å². The molecule has 1 aromatic heterocycles. The molecule has 0 saturated heterocycles. The van der Waals surface area contributed by atoms with Crippen LogP contribution in [-0.4, -0.2) is 83.1 Å². The van der Waals surface area contributed by atoms with Gasteiger partial charge in [0, 0.05) is 67.4 Å². The minimum Gasteiger partial charge on any atom is -0.506 e. The van der Waals surface area contributed by atoms with Crippen LogP contribution in [0.25, 0.3) is 22.0 Å². The Hall–Kier alpha value is -5.02. The maximum Gasteiger partial charge on any atom is 0.412 e. The van der Waals surface area contributed by atoms with Crippen molar-refractivity contribution in [3.63, 3.8) is 0 Å². The van der Waals surface area contributed by atoms with E-state index >= 15 is 0 Å². The summed E-state index contributed by atoms with van der Waals surface area (Å²) >= 11 is 6.59. The molecule has 1 saturated carbocycles. The number of benzene rings is 4. The number of aliphatic hydroxyl groups is 1. The molecule has 59 heavy (non-hydrogen) atoms. The molecule has 0 radical (unpaired) electrons. The number of aliphatic hydroxyl groups excluding tert-OH is 1. The van der Waals surface area contributed by atoms with Gasteiger partial charge in [0.05, 0.1) is 29.4 Å². The second-order valence-electron chi connectivity index (χ2n) is 14.3. The summed E-state index contributed by atoms with van der Waals surface area (Å²) in [7, 11) is 3.19. The lowest BCUT2D eigenvalue weighted by atomic mass is 9.89. The van der Waals surface area contributed by atoms with E-state index in [0.29, 0.717) is 53.8 Å². The summed E-state index contributed by atoms with van der Waals surface area (Å²) in [6, 6.07) is 24.7. The first-order valence-electron chi connectivity index (χ1n) is 18.9. The number of halogens is 3. The molecule has 6 rings (SSSR count). The number of rotatable bonds is 15. The number of phenolic OH excluding ortho intramolecular Hbond substituents is 1. The molecule has 0 unspecified atom stereocenters. The number of aromatic nitrogens is 1. The maximum absolute atomic E-state index is 13.2. The molecule has 1 atom stereocenters. The van der Waals surface area contributed by atoms with E-state index in [1.54, 1.807) is 36.2 Å². The van der Waals surface area contributed by atoms with E-state index in [4.69, 9.17) is 26.8 Å². The molecule has 0 spiro atoms. The van der Waals surface area contributed by atoms with Crippen LogP contribution in [0.1, 0.15) is 48.5 Å². The monoisotopic (exact) mass is 869 g/mol. The van der Waals surface area contributed by atoms with Crippen molar-refractivity contribution in [1.82, 2.24) is 15.2 Å². The Kier molecular flexibility index (Phi) is 16.8. The molecule has 1 aliphatic rings. The van der Waals surface area contributed by atoms with E-state index in [0.717, 1.165) is 29.5 Å². The van der Waals surface area contributed by atoms with Gasteiger partial charge < -0.3 is 45.7 Å². The molecule has 0 bridgehead atoms. The van der Waals surface area contributed by atoms with Crippen LogP contribution in [0.5, 0.6) is 17.2 Å². The van der Waals surface area contributed by atoms with Crippen LogP contribution in [-0.2, 0) is 17.8 Å². The van der Waals surface area contributed by atoms with Crippen LogP contribution in [0.15, 0.2) is 89.7 Å². The van der Waals surface area contributed by atoms with Gasteiger partial charge in [0.1, 0.15) is 17.2 Å². The summed E-state index contributed by atoms with van der Waals surface area (Å²) in [4.78, 5) is 43.4. The number of amides is 2. The normalized spacial score (nSPS) is 15.3. The first-order valence-corrected chi connectivity index (χ1v) is 19.2. The highest BCUT2D eigenvalue weighted by Crippen LogP contribution is 2.37. The SMILES string of the molecule is COc1cc(OCC(=O)N(C)CCc2ccc(-c3ccccc3)c(N(C(=O)O)C3CCC(N)CC3)c2)c(Cl)cc1CNC[C@H](O)c1ccc(O)c2[nH]c(=O)ccc12.Cl.Cl. The fraction of sp³-hybridized carbons (Fsp3) is 0.326. The van der Waals surface area contributed by atoms with Gasteiger partial charge in [-0.15, -0.1) is 24.8 Å². The number of H-pyrrole nitrogens is 1. The lowest BCUT2D eigenvalue weighted by Gasteiger charge is -2.35. The number of hydrogen-bond acceptors (Lipinski definition) is 9. The number of nitrogens with one attached hydrogen (secondary N) is 2. The number of aromatic hydroxyl groups is 1. The van der Waals surface area contributed by atoms with Crippen molar-refractivity contribution in [1.29, 1.82) is 0 Å². The smallest absolute Gasteiger partial charge is 0.412 e. The quantitative estimate of drug-likeness (QED) is 0.0635. The fourth-order valence-electron chi connectivity index (χ4n) is 7.30. The van der Waals surface area contributed by atoms with E-state index < -0.39 is 12.2 Å². The molecule has 316 valence electrons. The Labute approximate surface area is 359 Å². The topological polar surface area (TPSA) is 191 Å². The number of ether oxygens (including phenoxy) is 2. The largest absolute Gasteiger partial charge is 0.506 e. The highest BCUT2D eigenvalue weighted by atomic mass is 35.5. The number of likely N-dealkylation sites (N-methyl/N-ethyl adjacent to an activating group) is 1. The van der Waals surface area contributed by atoms with Gasteiger partial charge in [-0.25, -0.2) is 4.79 Å². The highest BCUT2D eigenvalue weighted by molar-refractivity contribution is 6.32. The lowest BCUT2D eigenvalue weighted by Crippen LogP contribution is -2.44. The molecular formula is C43H50Cl3N5O8. The number of carbonyl (C=O) groups excluding carboxylic acids is 1. The molecule has 5 aromatic rings. The van der Waals surface area contributed by atoms with Gasteiger partial charge >= 0.3 is 6.09 Å². The first-order chi connectivity index (χ1) is 27.4. The Bertz CT molecular complexity index is 2270. The van der Waals surface area contributed by atoms with Crippen LogP contribution in [0.3, 0.4) is 0 Å². The summed E-state index contributed by atoms with van der Waals surface area (Å²) in [5, 5.41) is 35.5. The first kappa shape index (κ1) is 46.7. The molecule has 13 nitrogen and oxygen atoms in total. The second-order valence-corrected chi connectivity index (χ2v) is 14.7. The minimum absolute atomic E-state index is 0. The summed E-state index contributed by atoms with van der Waals surface area (Å²) in [5.74, 6) is 0.364. The number of nitrogens with zero attached hydrogens (tertiary/aromatic N) is 2. The number of aromatic amines is 1. The molecule has 1 aliphatic carbocycles. The predicted molar refractivity (Wildman–Crippen MR) is 235 cm³/mol. The van der Waals surface area contributed by atoms with Crippen molar-refractivity contribution < 1.29 is 34.4 Å². The van der Waals surface area contributed by atoms with Crippen molar-refractivity contribution >= 4 is 65.0 Å². The molecule has 1 fully saturated rings. The molecule has 0 aliphatic heterocycles. The summed E-state index contributed by atoms with van der Waals surface area (Å²) in [6.45, 7) is 0.513. The van der Waals surface area contributed by atoms with Crippen LogP contribution < -0.4 is 31.0 Å². The highest BCUT2D eigenvalue weighted by Gasteiger charge is 2.31. The van der Waals surface area contributed by atoms with Crippen molar-refractivity contribution in [2.24, 2.45) is 5.73 Å². The molecule has 2 amide bonds. The Morgan fingerprint density at radius 3 is 2.41 bits per heavy atom. The number of nitrogens with two attached hydrogens (primary N) is 1. The van der Waals surface area contributed by atoms with Gasteiger partial charge in [-0.1, -0.05) is 60.1 Å². The number of carbonyl (C=O) groups is 2. The van der Waals surface area contributed by atoms with Crippen LogP contribution in [0.2, 0.25) is 5.02 Å². The van der Waals surface area contributed by atoms with Crippen LogP contribution in [0.4, 0.5) is 10.5 Å². The summed E-state index contributed by atoms with van der Waals surface area (Å²) in [6.07, 6.45) is 1.43. The van der Waals surface area contributed by atoms with Gasteiger partial charge in [-0.2, -0.15) is 0 Å². The van der Waals surface area contributed by atoms with Crippen LogP contribution in [0, 0.1) is 0 Å². The summed E-state index contributed by atoms with van der Waals surface area (Å²) < 4.78 is 11.4. The zero-order valence-electron chi connectivity index (χ0n) is 32.7. The average Bonchev–Trinajstić information content (AvgIpc) is 3.20. The third-order valence-electron chi connectivity index (χ3n) is 10.5. The molecule has 4 aromatic carbocycles. The number of fused-ring (bicyclic) bond motifs is 1. The lowest BCUT2D eigenvalue weighted by molar-refractivity contribution is -0.132. The molecule has 1 heterocycles. The maximum atomic E-state index is 13.2. The second kappa shape index (κ2) is 21.3. The standard InChI is InChI=1S/C43H48ClN5O8.2ClH/c1-48(19-18-26-8-13-31(27-6-4-3-5-7-27)35(20-26)49(43(54)55)30-11-9-29(45)10-12-30)41(53)25-57-39-22-38(56-2)28(21-34(39)44)23-46-24-37(51)32-14-16-36(50)42-33(32)15-17-40(52)47-42;;/h3-8,13-17,20-22,29-30,37,46,50-51H,9-12,18-19,23-25,45H2,1-2H3,(H,47,52)(H,54,55);2*1H/t29?,30?,37-;;/m0../s1. The number of methoxy groups -OCH3 is 1. The zero-order valence-corrected chi connectivity index (χ0v) is 35.1. The van der Waals surface area contributed by atoms with Gasteiger partial charge in [-0.3, -0.25) is 14.5 Å². The summed E-state index contributed by atoms with van der Waals surface area (Å²) in [5.41, 5.74) is 10.5. The van der Waals surface area contributed by atoms with Gasteiger partial charge in [0.15, 0.2) is 6.61 Å². The molecule has 7 N–H and O–H groups in total. The fourth-order valence-corrected chi connectivity index (χ4v) is 7.54. The van der Waals surface area contributed by atoms with E-state index in [9.17, 15) is 29.7 Å². The van der Waals surface area contributed by atoms with Crippen molar-refractivity contribution in [2.45, 2.75) is 56.8 Å². The minimum atomic E-state index is -1.01. The van der Waals surface area contributed by atoms with Crippen molar-refractivity contribution in [2.75, 3.05) is 38.8 Å². The van der Waals surface area contributed by atoms with E-state index in [2.05, 4.69) is 10.3 Å².